The minimum absolute atomic E-state index is 0.0441. The van der Waals surface area contributed by atoms with E-state index in [2.05, 4.69) is 30.7 Å². The molecule has 0 saturated heterocycles. The van der Waals surface area contributed by atoms with Crippen LogP contribution in [-0.2, 0) is 0 Å². The minimum atomic E-state index is 0.0441. The van der Waals surface area contributed by atoms with Gasteiger partial charge in [0.15, 0.2) is 5.78 Å². The number of carbonyl (C=O) groups excluding carboxylic acids is 1. The number of pyridine rings is 1. The van der Waals surface area contributed by atoms with Crippen molar-refractivity contribution in [2.45, 2.75) is 39.7 Å². The molecule has 0 fully saturated rings. The lowest BCUT2D eigenvalue weighted by atomic mass is 10.00. The molecule has 16 heavy (non-hydrogen) atoms. The van der Waals surface area contributed by atoms with Gasteiger partial charge in [-0.05, 0) is 39.3 Å². The Morgan fingerprint density at radius 2 is 2.12 bits per heavy atom. The van der Waals surface area contributed by atoms with Crippen molar-refractivity contribution < 1.29 is 4.79 Å². The number of carbonyl (C=O) groups is 1. The van der Waals surface area contributed by atoms with Gasteiger partial charge in [0, 0.05) is 24.3 Å². The molecule has 0 bridgehead atoms. The Morgan fingerprint density at radius 1 is 1.50 bits per heavy atom. The predicted molar refractivity (Wildman–Crippen MR) is 67.0 cm³/mol. The van der Waals surface area contributed by atoms with E-state index in [4.69, 9.17) is 0 Å². The van der Waals surface area contributed by atoms with Gasteiger partial charge in [-0.25, -0.2) is 4.98 Å². The molecular weight excluding hydrogens is 200 g/mol. The van der Waals surface area contributed by atoms with Crippen LogP contribution in [-0.4, -0.2) is 23.4 Å². The van der Waals surface area contributed by atoms with Crippen molar-refractivity contribution in [1.29, 1.82) is 0 Å². The predicted octanol–water partition coefficient (Wildman–Crippen LogP) is 2.91. The fourth-order valence-electron chi connectivity index (χ4n) is 1.37. The molecule has 0 spiro atoms. The molecule has 0 aromatic carbocycles. The summed E-state index contributed by atoms with van der Waals surface area (Å²) in [6.07, 6.45) is 2.71. The van der Waals surface area contributed by atoms with Crippen LogP contribution in [0.25, 0.3) is 0 Å². The number of aromatic nitrogens is 1. The van der Waals surface area contributed by atoms with E-state index in [1.165, 1.54) is 0 Å². The van der Waals surface area contributed by atoms with E-state index in [0.29, 0.717) is 5.56 Å². The quantitative estimate of drug-likeness (QED) is 0.731. The van der Waals surface area contributed by atoms with Gasteiger partial charge in [0.05, 0.1) is 0 Å². The number of rotatable bonds is 4. The van der Waals surface area contributed by atoms with Crippen molar-refractivity contribution in [3.8, 4) is 0 Å². The van der Waals surface area contributed by atoms with Gasteiger partial charge >= 0.3 is 0 Å². The van der Waals surface area contributed by atoms with Crippen molar-refractivity contribution in [3.05, 3.63) is 23.9 Å². The molecule has 0 N–H and O–H groups in total. The highest BCUT2D eigenvalue weighted by Crippen LogP contribution is 2.23. The van der Waals surface area contributed by atoms with E-state index in [9.17, 15) is 4.79 Å². The second-order valence-electron chi connectivity index (χ2n) is 4.68. The van der Waals surface area contributed by atoms with E-state index in [0.717, 1.165) is 12.2 Å². The molecule has 1 rings (SSSR count). The van der Waals surface area contributed by atoms with Crippen LogP contribution in [0.15, 0.2) is 18.3 Å². The van der Waals surface area contributed by atoms with Crippen LogP contribution in [0.5, 0.6) is 0 Å². The number of Topliss-reactive ketones (excluding diaryl/α,β-unsaturated/α-hetero) is 1. The highest BCUT2D eigenvalue weighted by molar-refractivity contribution is 5.94. The highest BCUT2D eigenvalue weighted by atomic mass is 16.1. The molecule has 1 aromatic rings. The van der Waals surface area contributed by atoms with Gasteiger partial charge in [-0.3, -0.25) is 4.79 Å². The molecule has 1 aromatic heterocycles. The standard InChI is InChI=1S/C13H20N2O/c1-6-13(3,4)15(5)12-9-11(10(2)16)7-8-14-12/h7-9H,6H2,1-5H3. The second-order valence-corrected chi connectivity index (χ2v) is 4.68. The molecule has 0 amide bonds. The van der Waals surface area contributed by atoms with Gasteiger partial charge in [0.2, 0.25) is 0 Å². The van der Waals surface area contributed by atoms with E-state index in [-0.39, 0.29) is 11.3 Å². The van der Waals surface area contributed by atoms with Gasteiger partial charge in [0.1, 0.15) is 5.82 Å². The Hall–Kier alpha value is -1.38. The van der Waals surface area contributed by atoms with Crippen LogP contribution in [0.1, 0.15) is 44.5 Å². The monoisotopic (exact) mass is 220 g/mol. The Labute approximate surface area is 97.5 Å². The Morgan fingerprint density at radius 3 is 2.62 bits per heavy atom. The summed E-state index contributed by atoms with van der Waals surface area (Å²) in [5, 5.41) is 0. The van der Waals surface area contributed by atoms with E-state index < -0.39 is 0 Å². The van der Waals surface area contributed by atoms with Gasteiger partial charge in [-0.1, -0.05) is 6.92 Å². The Balaban J connectivity index is 3.05. The Kier molecular flexibility index (Phi) is 3.68. The summed E-state index contributed by atoms with van der Waals surface area (Å²) >= 11 is 0. The molecule has 3 heteroatoms. The van der Waals surface area contributed by atoms with Gasteiger partial charge < -0.3 is 4.90 Å². The van der Waals surface area contributed by atoms with Crippen LogP contribution in [0.3, 0.4) is 0 Å². The minimum Gasteiger partial charge on any atom is -0.355 e. The van der Waals surface area contributed by atoms with Crippen molar-refractivity contribution >= 4 is 11.6 Å². The average molecular weight is 220 g/mol. The summed E-state index contributed by atoms with van der Waals surface area (Å²) in [4.78, 5) is 17.7. The van der Waals surface area contributed by atoms with Crippen LogP contribution < -0.4 is 4.90 Å². The fourth-order valence-corrected chi connectivity index (χ4v) is 1.37. The second kappa shape index (κ2) is 4.64. The average Bonchev–Trinajstić information content (AvgIpc) is 2.28. The SMILES string of the molecule is CCC(C)(C)N(C)c1cc(C(C)=O)ccn1. The number of hydrogen-bond donors (Lipinski definition) is 0. The Bertz CT molecular complexity index is 385. The summed E-state index contributed by atoms with van der Waals surface area (Å²) in [7, 11) is 2.01. The zero-order chi connectivity index (χ0) is 12.3. The molecule has 0 aliphatic carbocycles. The van der Waals surface area contributed by atoms with Crippen LogP contribution in [0.4, 0.5) is 5.82 Å². The lowest BCUT2D eigenvalue weighted by Crippen LogP contribution is -2.41. The van der Waals surface area contributed by atoms with Crippen LogP contribution >= 0.6 is 0 Å². The smallest absolute Gasteiger partial charge is 0.159 e. The first-order valence-electron chi connectivity index (χ1n) is 5.59. The summed E-state index contributed by atoms with van der Waals surface area (Å²) < 4.78 is 0. The fraction of sp³-hybridized carbons (Fsp3) is 0.538. The molecule has 0 aliphatic rings. The number of anilines is 1. The van der Waals surface area contributed by atoms with Crippen molar-refractivity contribution in [1.82, 2.24) is 4.98 Å². The molecule has 0 unspecified atom stereocenters. The first kappa shape index (κ1) is 12.7. The van der Waals surface area contributed by atoms with Crippen LogP contribution in [0, 0.1) is 0 Å². The molecule has 0 aliphatic heterocycles. The maximum Gasteiger partial charge on any atom is 0.159 e. The van der Waals surface area contributed by atoms with Gasteiger partial charge in [-0.2, -0.15) is 0 Å². The molecule has 0 radical (unpaired) electrons. The lowest BCUT2D eigenvalue weighted by Gasteiger charge is -2.35. The third kappa shape index (κ3) is 2.60. The molecule has 1 heterocycles. The summed E-state index contributed by atoms with van der Waals surface area (Å²) in [6, 6.07) is 3.60. The first-order valence-corrected chi connectivity index (χ1v) is 5.59. The van der Waals surface area contributed by atoms with Crippen molar-refractivity contribution in [2.75, 3.05) is 11.9 Å². The maximum atomic E-state index is 11.3. The number of hydrogen-bond acceptors (Lipinski definition) is 3. The van der Waals surface area contributed by atoms with Crippen molar-refractivity contribution in [2.24, 2.45) is 0 Å². The zero-order valence-electron chi connectivity index (χ0n) is 10.7. The maximum absolute atomic E-state index is 11.3. The molecule has 0 saturated carbocycles. The normalized spacial score (nSPS) is 11.3. The topological polar surface area (TPSA) is 33.2 Å². The van der Waals surface area contributed by atoms with E-state index in [1.807, 2.05) is 13.1 Å². The molecule has 0 atom stereocenters. The van der Waals surface area contributed by atoms with Crippen LogP contribution in [0.2, 0.25) is 0 Å². The van der Waals surface area contributed by atoms with Gasteiger partial charge in [-0.15, -0.1) is 0 Å². The largest absolute Gasteiger partial charge is 0.355 e. The number of nitrogens with zero attached hydrogens (tertiary/aromatic N) is 2. The lowest BCUT2D eigenvalue weighted by molar-refractivity contribution is 0.101. The van der Waals surface area contributed by atoms with E-state index in [1.54, 1.807) is 19.2 Å². The molecular formula is C13H20N2O. The molecule has 88 valence electrons. The third-order valence-corrected chi connectivity index (χ3v) is 3.27. The summed E-state index contributed by atoms with van der Waals surface area (Å²) in [5.41, 5.74) is 0.756. The van der Waals surface area contributed by atoms with Gasteiger partial charge in [0.25, 0.3) is 0 Å². The summed E-state index contributed by atoms with van der Waals surface area (Å²) in [6.45, 7) is 8.04. The number of ketones is 1. The zero-order valence-corrected chi connectivity index (χ0v) is 10.7. The van der Waals surface area contributed by atoms with E-state index >= 15 is 0 Å². The summed E-state index contributed by atoms with van der Waals surface area (Å²) in [5.74, 6) is 0.922. The molecule has 3 nitrogen and oxygen atoms in total. The van der Waals surface area contributed by atoms with Crippen molar-refractivity contribution in [3.63, 3.8) is 0 Å². The third-order valence-electron chi connectivity index (χ3n) is 3.27. The first-order chi connectivity index (χ1) is 7.38. The highest BCUT2D eigenvalue weighted by Gasteiger charge is 2.22.